The predicted molar refractivity (Wildman–Crippen MR) is 128 cm³/mol. The Morgan fingerprint density at radius 1 is 1.00 bits per heavy atom. The first-order valence-corrected chi connectivity index (χ1v) is 12.9. The molecule has 6 nitrogen and oxygen atoms in total. The Labute approximate surface area is 186 Å². The lowest BCUT2D eigenvalue weighted by Gasteiger charge is -2.29. The fraction of sp³-hybridized carbons (Fsp3) is 0.458. The van der Waals surface area contributed by atoms with Crippen LogP contribution in [0.2, 0.25) is 0 Å². The monoisotopic (exact) mass is 442 g/mol. The smallest absolute Gasteiger partial charge is 0.191 e. The fourth-order valence-corrected chi connectivity index (χ4v) is 5.43. The minimum atomic E-state index is -3.12. The average molecular weight is 443 g/mol. The van der Waals surface area contributed by atoms with Crippen LogP contribution < -0.4 is 10.6 Å². The van der Waals surface area contributed by atoms with E-state index in [2.05, 4.69) is 44.8 Å². The van der Waals surface area contributed by atoms with Crippen molar-refractivity contribution in [3.63, 3.8) is 0 Å². The molecule has 0 saturated carbocycles. The summed E-state index contributed by atoms with van der Waals surface area (Å²) < 4.78 is 24.7. The van der Waals surface area contributed by atoms with Gasteiger partial charge in [0.25, 0.3) is 0 Å². The Hall–Kier alpha value is -2.38. The molecule has 1 heterocycles. The maximum absolute atomic E-state index is 12.4. The molecule has 1 unspecified atom stereocenters. The number of hydrogen-bond acceptors (Lipinski definition) is 4. The number of nitrogens with one attached hydrogen (secondary N) is 2. The van der Waals surface area contributed by atoms with Crippen molar-refractivity contribution in [2.45, 2.75) is 31.1 Å². The van der Waals surface area contributed by atoms with Gasteiger partial charge in [-0.25, -0.2) is 8.42 Å². The zero-order valence-electron chi connectivity index (χ0n) is 18.3. The molecule has 168 valence electrons. The molecule has 1 aliphatic heterocycles. The van der Waals surface area contributed by atoms with Crippen molar-refractivity contribution in [2.75, 3.05) is 39.0 Å². The number of likely N-dealkylation sites (tertiary alicyclic amines) is 1. The summed E-state index contributed by atoms with van der Waals surface area (Å²) in [5, 5.41) is 6.69. The number of sulfone groups is 1. The van der Waals surface area contributed by atoms with Crippen LogP contribution in [0, 0.1) is 0 Å². The van der Waals surface area contributed by atoms with Crippen LogP contribution in [-0.4, -0.2) is 58.3 Å². The summed E-state index contributed by atoms with van der Waals surface area (Å²) in [5.74, 6) is 0.961. The van der Waals surface area contributed by atoms with E-state index in [9.17, 15) is 8.42 Å². The maximum atomic E-state index is 12.4. The molecule has 0 amide bonds. The number of benzene rings is 2. The molecule has 1 fully saturated rings. The first-order valence-electron chi connectivity index (χ1n) is 11.1. The summed E-state index contributed by atoms with van der Waals surface area (Å²) in [6, 6.07) is 20.2. The van der Waals surface area contributed by atoms with Gasteiger partial charge < -0.3 is 10.6 Å². The Bertz CT molecular complexity index is 911. The molecule has 1 saturated heterocycles. The Balaban J connectivity index is 1.45. The normalized spacial score (nSPS) is 16.2. The van der Waals surface area contributed by atoms with Crippen molar-refractivity contribution in [3.05, 3.63) is 71.8 Å². The summed E-state index contributed by atoms with van der Waals surface area (Å²) in [5.41, 5.74) is 2.14. The van der Waals surface area contributed by atoms with Crippen molar-refractivity contribution in [3.8, 4) is 0 Å². The number of rotatable bonds is 10. The highest BCUT2D eigenvalue weighted by molar-refractivity contribution is 7.90. The van der Waals surface area contributed by atoms with E-state index in [1.165, 1.54) is 18.4 Å². The molecular formula is C24H34N4O2S. The Kier molecular flexibility index (Phi) is 8.91. The topological polar surface area (TPSA) is 73.8 Å². The zero-order valence-corrected chi connectivity index (χ0v) is 19.2. The SMILES string of the molecule is CN=C(NCCCS(=O)(=O)Cc1ccccc1)NCC(c1ccccc1)N1CCCC1. The average Bonchev–Trinajstić information content (AvgIpc) is 3.31. The third-order valence-electron chi connectivity index (χ3n) is 5.61. The molecule has 3 rings (SSSR count). The van der Waals surface area contributed by atoms with Crippen LogP contribution >= 0.6 is 0 Å². The van der Waals surface area contributed by atoms with Gasteiger partial charge in [-0.3, -0.25) is 9.89 Å². The molecule has 1 atom stereocenters. The van der Waals surface area contributed by atoms with E-state index in [1.807, 2.05) is 36.4 Å². The van der Waals surface area contributed by atoms with Gasteiger partial charge >= 0.3 is 0 Å². The molecule has 31 heavy (non-hydrogen) atoms. The molecule has 2 aromatic rings. The first-order chi connectivity index (χ1) is 15.1. The maximum Gasteiger partial charge on any atom is 0.191 e. The lowest BCUT2D eigenvalue weighted by molar-refractivity contribution is 0.245. The van der Waals surface area contributed by atoms with E-state index in [4.69, 9.17) is 0 Å². The molecular weight excluding hydrogens is 408 g/mol. The van der Waals surface area contributed by atoms with E-state index in [0.29, 0.717) is 25.0 Å². The van der Waals surface area contributed by atoms with Gasteiger partial charge in [-0.2, -0.15) is 0 Å². The summed E-state index contributed by atoms with van der Waals surface area (Å²) in [6.45, 7) is 3.56. The van der Waals surface area contributed by atoms with Crippen LogP contribution in [0.15, 0.2) is 65.7 Å². The van der Waals surface area contributed by atoms with Gasteiger partial charge in [0.1, 0.15) is 0 Å². The number of guanidine groups is 1. The van der Waals surface area contributed by atoms with Gasteiger partial charge in [0.2, 0.25) is 0 Å². The van der Waals surface area contributed by atoms with E-state index >= 15 is 0 Å². The summed E-state index contributed by atoms with van der Waals surface area (Å²) >= 11 is 0. The van der Waals surface area contributed by atoms with Gasteiger partial charge in [-0.1, -0.05) is 60.7 Å². The number of nitrogens with zero attached hydrogens (tertiary/aromatic N) is 2. The van der Waals surface area contributed by atoms with Gasteiger partial charge in [0.05, 0.1) is 17.5 Å². The van der Waals surface area contributed by atoms with E-state index < -0.39 is 9.84 Å². The van der Waals surface area contributed by atoms with E-state index in [0.717, 1.165) is 25.2 Å². The van der Waals surface area contributed by atoms with Crippen molar-refractivity contribution < 1.29 is 8.42 Å². The highest BCUT2D eigenvalue weighted by Crippen LogP contribution is 2.24. The minimum Gasteiger partial charge on any atom is -0.356 e. The van der Waals surface area contributed by atoms with Crippen LogP contribution in [0.4, 0.5) is 0 Å². The third-order valence-corrected chi connectivity index (χ3v) is 7.29. The molecule has 2 aromatic carbocycles. The summed E-state index contributed by atoms with van der Waals surface area (Å²) in [4.78, 5) is 6.83. The summed E-state index contributed by atoms with van der Waals surface area (Å²) in [7, 11) is -1.37. The van der Waals surface area contributed by atoms with Crippen LogP contribution in [0.3, 0.4) is 0 Å². The highest BCUT2D eigenvalue weighted by Gasteiger charge is 2.23. The van der Waals surface area contributed by atoms with Crippen molar-refractivity contribution >= 4 is 15.8 Å². The van der Waals surface area contributed by atoms with Gasteiger partial charge in [-0.05, 0) is 43.5 Å². The van der Waals surface area contributed by atoms with Gasteiger partial charge in [0, 0.05) is 20.1 Å². The standard InChI is InChI=1S/C24H34N4O2S/c1-25-24(26-15-10-18-31(29,30)20-21-11-4-2-5-12-21)27-19-23(28-16-8-9-17-28)22-13-6-3-7-14-22/h2-7,11-14,23H,8-10,15-20H2,1H3,(H2,25,26,27). The minimum absolute atomic E-state index is 0.0927. The van der Waals surface area contributed by atoms with Crippen LogP contribution in [0.1, 0.15) is 36.4 Å². The number of hydrogen-bond donors (Lipinski definition) is 2. The quantitative estimate of drug-likeness (QED) is 0.336. The van der Waals surface area contributed by atoms with E-state index in [-0.39, 0.29) is 11.5 Å². The molecule has 0 radical (unpaired) electrons. The summed E-state index contributed by atoms with van der Waals surface area (Å²) in [6.07, 6.45) is 3.03. The molecule has 2 N–H and O–H groups in total. The largest absolute Gasteiger partial charge is 0.356 e. The Morgan fingerprint density at radius 3 is 2.29 bits per heavy atom. The van der Waals surface area contributed by atoms with Crippen LogP contribution in [-0.2, 0) is 15.6 Å². The fourth-order valence-electron chi connectivity index (χ4n) is 4.00. The van der Waals surface area contributed by atoms with Gasteiger partial charge in [-0.15, -0.1) is 0 Å². The highest BCUT2D eigenvalue weighted by atomic mass is 32.2. The lowest BCUT2D eigenvalue weighted by atomic mass is 10.1. The second-order valence-electron chi connectivity index (χ2n) is 7.98. The lowest BCUT2D eigenvalue weighted by Crippen LogP contribution is -2.43. The van der Waals surface area contributed by atoms with Crippen molar-refractivity contribution in [1.29, 1.82) is 0 Å². The van der Waals surface area contributed by atoms with Crippen molar-refractivity contribution in [2.24, 2.45) is 4.99 Å². The number of aliphatic imine (C=N–C) groups is 1. The molecule has 0 bridgehead atoms. The first kappa shape index (κ1) is 23.3. The molecule has 1 aliphatic rings. The third kappa shape index (κ3) is 7.67. The van der Waals surface area contributed by atoms with Crippen LogP contribution in [0.5, 0.6) is 0 Å². The molecule has 0 aromatic heterocycles. The van der Waals surface area contributed by atoms with E-state index in [1.54, 1.807) is 7.05 Å². The van der Waals surface area contributed by atoms with Gasteiger partial charge in [0.15, 0.2) is 15.8 Å². The second-order valence-corrected chi connectivity index (χ2v) is 10.2. The van der Waals surface area contributed by atoms with Crippen LogP contribution in [0.25, 0.3) is 0 Å². The second kappa shape index (κ2) is 11.9. The molecule has 0 spiro atoms. The Morgan fingerprint density at radius 2 is 1.65 bits per heavy atom. The molecule has 7 heteroatoms. The predicted octanol–water partition coefficient (Wildman–Crippen LogP) is 2.99. The van der Waals surface area contributed by atoms with Crippen molar-refractivity contribution in [1.82, 2.24) is 15.5 Å². The zero-order chi connectivity index (χ0) is 21.9. The molecule has 0 aliphatic carbocycles.